The number of benzene rings is 1. The van der Waals surface area contributed by atoms with Gasteiger partial charge in [-0.15, -0.1) is 0 Å². The lowest BCUT2D eigenvalue weighted by molar-refractivity contribution is 0.0706. The highest BCUT2D eigenvalue weighted by molar-refractivity contribution is 5.52. The number of hydrogen-bond acceptors (Lipinski definition) is 6. The van der Waals surface area contributed by atoms with Gasteiger partial charge in [-0.1, -0.05) is 18.2 Å². The number of rotatable bonds is 5. The average Bonchev–Trinajstić information content (AvgIpc) is 2.85. The van der Waals surface area contributed by atoms with E-state index in [9.17, 15) is 5.11 Å². The van der Waals surface area contributed by atoms with Gasteiger partial charge in [0.25, 0.3) is 0 Å². The van der Waals surface area contributed by atoms with Gasteiger partial charge in [0.2, 0.25) is 0 Å². The van der Waals surface area contributed by atoms with Crippen LogP contribution >= 0.6 is 0 Å². The Morgan fingerprint density at radius 2 is 2.19 bits per heavy atom. The van der Waals surface area contributed by atoms with Crippen LogP contribution in [0, 0.1) is 6.92 Å². The van der Waals surface area contributed by atoms with E-state index < -0.39 is 0 Å². The first-order valence-corrected chi connectivity index (χ1v) is 9.90. The number of aliphatic hydroxyl groups is 1. The monoisotopic (exact) mass is 368 g/mol. The number of nitrogens with zero attached hydrogens (tertiary/aromatic N) is 3. The van der Waals surface area contributed by atoms with Crippen molar-refractivity contribution in [3.05, 3.63) is 46.9 Å². The second-order valence-corrected chi connectivity index (χ2v) is 7.49. The molecule has 1 saturated heterocycles. The lowest BCUT2D eigenvalue weighted by Crippen LogP contribution is -2.39. The second-order valence-electron chi connectivity index (χ2n) is 7.49. The summed E-state index contributed by atoms with van der Waals surface area (Å²) >= 11 is 0. The highest BCUT2D eigenvalue weighted by atomic mass is 16.5. The normalized spacial score (nSPS) is 19.6. The molecule has 0 amide bonds. The minimum Gasteiger partial charge on any atom is -0.487 e. The largest absolute Gasteiger partial charge is 0.487 e. The molecule has 2 aliphatic rings. The minimum atomic E-state index is -0.160. The molecule has 0 aliphatic carbocycles. The predicted molar refractivity (Wildman–Crippen MR) is 105 cm³/mol. The van der Waals surface area contributed by atoms with Crippen LogP contribution in [-0.4, -0.2) is 52.3 Å². The van der Waals surface area contributed by atoms with E-state index in [-0.39, 0.29) is 6.10 Å². The Kier molecular flexibility index (Phi) is 5.55. The van der Waals surface area contributed by atoms with Crippen LogP contribution in [0.3, 0.4) is 0 Å². The summed E-state index contributed by atoms with van der Waals surface area (Å²) in [4.78, 5) is 11.6. The van der Waals surface area contributed by atoms with Crippen molar-refractivity contribution >= 4 is 5.82 Å². The maximum atomic E-state index is 9.80. The number of β-amino-alcohol motifs (C(OH)–C–C–N with tert-alkyl or cyclic N) is 1. The summed E-state index contributed by atoms with van der Waals surface area (Å²) in [5.74, 6) is 2.63. The van der Waals surface area contributed by atoms with Crippen LogP contribution in [0.5, 0.6) is 5.75 Å². The first-order chi connectivity index (χ1) is 13.2. The van der Waals surface area contributed by atoms with Gasteiger partial charge < -0.3 is 20.1 Å². The van der Waals surface area contributed by atoms with Gasteiger partial charge in [0, 0.05) is 25.1 Å². The third-order valence-corrected chi connectivity index (χ3v) is 5.33. The lowest BCUT2D eigenvalue weighted by Gasteiger charge is -2.29. The van der Waals surface area contributed by atoms with Gasteiger partial charge in [-0.05, 0) is 50.9 Å². The first kappa shape index (κ1) is 18.2. The van der Waals surface area contributed by atoms with E-state index >= 15 is 0 Å². The second kappa shape index (κ2) is 8.23. The van der Waals surface area contributed by atoms with Gasteiger partial charge in [0.15, 0.2) is 0 Å². The summed E-state index contributed by atoms with van der Waals surface area (Å²) in [5.41, 5.74) is 3.29. The molecule has 6 heteroatoms. The third-order valence-electron chi connectivity index (χ3n) is 5.33. The molecule has 144 valence electrons. The fraction of sp³-hybridized carbons (Fsp3) is 0.524. The topological polar surface area (TPSA) is 70.5 Å². The number of ether oxygens (including phenoxy) is 1. The van der Waals surface area contributed by atoms with Gasteiger partial charge in [-0.3, -0.25) is 0 Å². The van der Waals surface area contributed by atoms with Gasteiger partial charge in [-0.2, -0.15) is 0 Å². The Morgan fingerprint density at radius 1 is 1.30 bits per heavy atom. The summed E-state index contributed by atoms with van der Waals surface area (Å²) in [5, 5.41) is 13.3. The summed E-state index contributed by atoms with van der Waals surface area (Å²) in [6.07, 6.45) is 3.67. The van der Waals surface area contributed by atoms with E-state index in [0.717, 1.165) is 80.5 Å². The minimum absolute atomic E-state index is 0.160. The molecule has 2 aromatic rings. The molecule has 1 aromatic carbocycles. The predicted octanol–water partition coefficient (Wildman–Crippen LogP) is 2.53. The fourth-order valence-electron chi connectivity index (χ4n) is 3.98. The van der Waals surface area contributed by atoms with Crippen molar-refractivity contribution < 1.29 is 9.84 Å². The van der Waals surface area contributed by atoms with E-state index in [1.807, 2.05) is 25.1 Å². The number of aliphatic hydroxyl groups excluding tert-OH is 1. The molecular formula is C21H28N4O2. The highest BCUT2D eigenvalue weighted by Crippen LogP contribution is 2.30. The first-order valence-electron chi connectivity index (χ1n) is 9.90. The number of nitrogens with one attached hydrogen (secondary N) is 1. The van der Waals surface area contributed by atoms with Crippen molar-refractivity contribution in [1.29, 1.82) is 0 Å². The fourth-order valence-corrected chi connectivity index (χ4v) is 3.98. The van der Waals surface area contributed by atoms with Crippen molar-refractivity contribution in [3.63, 3.8) is 0 Å². The van der Waals surface area contributed by atoms with E-state index in [0.29, 0.717) is 6.61 Å². The number of anilines is 1. The van der Waals surface area contributed by atoms with Gasteiger partial charge in [0.1, 0.15) is 24.0 Å². The number of piperidine rings is 1. The van der Waals surface area contributed by atoms with Crippen LogP contribution in [0.15, 0.2) is 24.3 Å². The number of likely N-dealkylation sites (tertiary alicyclic amines) is 1. The third kappa shape index (κ3) is 4.39. The van der Waals surface area contributed by atoms with E-state index in [1.165, 1.54) is 5.56 Å². The van der Waals surface area contributed by atoms with Crippen molar-refractivity contribution in [1.82, 2.24) is 14.9 Å². The zero-order chi connectivity index (χ0) is 18.6. The smallest absolute Gasteiger partial charge is 0.133 e. The van der Waals surface area contributed by atoms with Crippen LogP contribution in [0.25, 0.3) is 0 Å². The van der Waals surface area contributed by atoms with Crippen molar-refractivity contribution in [3.8, 4) is 5.75 Å². The summed E-state index contributed by atoms with van der Waals surface area (Å²) < 4.78 is 5.95. The molecule has 0 spiro atoms. The number of aryl methyl sites for hydroxylation is 1. The number of fused-ring (bicyclic) bond motifs is 2. The van der Waals surface area contributed by atoms with Gasteiger partial charge in [-0.25, -0.2) is 9.97 Å². The maximum Gasteiger partial charge on any atom is 0.133 e. The molecule has 0 bridgehead atoms. The molecule has 0 radical (unpaired) electrons. The highest BCUT2D eigenvalue weighted by Gasteiger charge is 2.20. The van der Waals surface area contributed by atoms with Gasteiger partial charge >= 0.3 is 0 Å². The Balaban J connectivity index is 1.42. The summed E-state index contributed by atoms with van der Waals surface area (Å²) in [6, 6.07) is 8.17. The lowest BCUT2D eigenvalue weighted by atomic mass is 10.0. The molecule has 4 rings (SSSR count). The van der Waals surface area contributed by atoms with Crippen molar-refractivity contribution in [2.75, 3.05) is 31.5 Å². The van der Waals surface area contributed by atoms with Crippen LogP contribution in [-0.2, 0) is 13.0 Å². The average molecular weight is 368 g/mol. The van der Waals surface area contributed by atoms with Gasteiger partial charge in [0.05, 0.1) is 11.8 Å². The van der Waals surface area contributed by atoms with E-state index in [2.05, 4.69) is 26.3 Å². The molecule has 6 nitrogen and oxygen atoms in total. The zero-order valence-electron chi connectivity index (χ0n) is 15.9. The quantitative estimate of drug-likeness (QED) is 0.791. The van der Waals surface area contributed by atoms with E-state index in [1.54, 1.807) is 0 Å². The molecule has 0 saturated carbocycles. The molecular weight excluding hydrogens is 340 g/mol. The van der Waals surface area contributed by atoms with Crippen LogP contribution in [0.2, 0.25) is 0 Å². The molecule has 3 heterocycles. The van der Waals surface area contributed by atoms with E-state index in [4.69, 9.17) is 4.74 Å². The zero-order valence-corrected chi connectivity index (χ0v) is 15.9. The summed E-state index contributed by atoms with van der Waals surface area (Å²) in [6.45, 7) is 6.16. The maximum absolute atomic E-state index is 9.80. The molecule has 1 atom stereocenters. The standard InChI is InChI=1S/C21H28N4O2/c1-15-23-19-14-27-20-8-3-2-6-16(20)12-18(19)21(24-15)22-9-5-11-25-10-4-7-17(26)13-25/h2-3,6,8,17,26H,4-5,7,9-14H2,1H3,(H,22,23,24)/t17-/m1/s1. The Bertz CT molecular complexity index is 796. The number of hydrogen-bond donors (Lipinski definition) is 2. The summed E-state index contributed by atoms with van der Waals surface area (Å²) in [7, 11) is 0. The molecule has 0 unspecified atom stereocenters. The van der Waals surface area contributed by atoms with Crippen molar-refractivity contribution in [2.45, 2.75) is 45.3 Å². The molecule has 27 heavy (non-hydrogen) atoms. The molecule has 1 fully saturated rings. The van der Waals surface area contributed by atoms with Crippen molar-refractivity contribution in [2.24, 2.45) is 0 Å². The molecule has 1 aromatic heterocycles. The molecule has 2 aliphatic heterocycles. The van der Waals surface area contributed by atoms with Crippen LogP contribution < -0.4 is 10.1 Å². The van der Waals surface area contributed by atoms with Crippen LogP contribution in [0.1, 0.15) is 41.9 Å². The Hall–Kier alpha value is -2.18. The Labute approximate surface area is 160 Å². The number of para-hydroxylation sites is 1. The number of aromatic nitrogens is 2. The molecule has 2 N–H and O–H groups in total. The SMILES string of the molecule is Cc1nc2c(c(NCCCN3CCC[C@@H](O)C3)n1)Cc1ccccc1OC2. The van der Waals surface area contributed by atoms with Crippen LogP contribution in [0.4, 0.5) is 5.82 Å². The Morgan fingerprint density at radius 3 is 3.07 bits per heavy atom.